The molecule has 0 aliphatic heterocycles. The molecule has 0 aliphatic carbocycles. The third kappa shape index (κ3) is 3.38. The Labute approximate surface area is 112 Å². The average molecular weight is 261 g/mol. The highest BCUT2D eigenvalue weighted by Gasteiger charge is 2.07. The minimum Gasteiger partial charge on any atom is -0.326 e. The molecule has 18 heavy (non-hydrogen) atoms. The Morgan fingerprint density at radius 1 is 1.33 bits per heavy atom. The molecule has 96 valence electrons. The van der Waals surface area contributed by atoms with Crippen molar-refractivity contribution in [2.75, 3.05) is 6.54 Å². The van der Waals surface area contributed by atoms with Crippen molar-refractivity contribution < 1.29 is 0 Å². The van der Waals surface area contributed by atoms with Crippen LogP contribution in [-0.4, -0.2) is 11.5 Å². The van der Waals surface area contributed by atoms with Gasteiger partial charge in [-0.05, 0) is 31.0 Å². The second-order valence-corrected chi connectivity index (χ2v) is 5.20. The molecule has 1 unspecified atom stereocenters. The fourth-order valence-corrected chi connectivity index (χ4v) is 2.63. The smallest absolute Gasteiger partial charge is 0.109 e. The Balaban J connectivity index is 1.85. The summed E-state index contributed by atoms with van der Waals surface area (Å²) in [5.74, 6) is 0. The monoisotopic (exact) mass is 261 g/mol. The zero-order valence-corrected chi connectivity index (χ0v) is 11.4. The summed E-state index contributed by atoms with van der Waals surface area (Å²) in [6.07, 6.45) is 2.85. The largest absolute Gasteiger partial charge is 0.326 e. The Kier molecular flexibility index (Phi) is 4.87. The van der Waals surface area contributed by atoms with Crippen molar-refractivity contribution in [3.8, 4) is 0 Å². The van der Waals surface area contributed by atoms with Crippen molar-refractivity contribution in [2.45, 2.75) is 25.9 Å². The lowest BCUT2D eigenvalue weighted by Gasteiger charge is -2.12. The molecule has 0 saturated carbocycles. The summed E-state index contributed by atoms with van der Waals surface area (Å²) in [5, 5.41) is 6.64. The van der Waals surface area contributed by atoms with Crippen molar-refractivity contribution >= 4 is 11.3 Å². The first kappa shape index (κ1) is 13.2. The van der Waals surface area contributed by atoms with Gasteiger partial charge in [0.25, 0.3) is 0 Å². The molecule has 0 amide bonds. The number of nitrogens with zero attached hydrogens (tertiary/aromatic N) is 1. The summed E-state index contributed by atoms with van der Waals surface area (Å²) in [7, 11) is 0. The second kappa shape index (κ2) is 6.64. The fraction of sp³-hybridized carbons (Fsp3) is 0.357. The van der Waals surface area contributed by atoms with E-state index in [1.54, 1.807) is 11.3 Å². The molecule has 4 heteroatoms. The lowest BCUT2D eigenvalue weighted by atomic mass is 10.0. The van der Waals surface area contributed by atoms with Gasteiger partial charge in [-0.2, -0.15) is 0 Å². The lowest BCUT2D eigenvalue weighted by molar-refractivity contribution is 0.573. The maximum Gasteiger partial charge on any atom is 0.109 e. The minimum atomic E-state index is 0.315. The fourth-order valence-electron chi connectivity index (χ4n) is 1.96. The maximum atomic E-state index is 5.73. The Bertz CT molecular complexity index is 468. The topological polar surface area (TPSA) is 50.9 Å². The van der Waals surface area contributed by atoms with E-state index < -0.39 is 0 Å². The highest BCUT2D eigenvalue weighted by atomic mass is 32.1. The number of hydrogen-bond donors (Lipinski definition) is 2. The van der Waals surface area contributed by atoms with E-state index >= 15 is 0 Å². The van der Waals surface area contributed by atoms with Crippen LogP contribution in [0, 0.1) is 0 Å². The van der Waals surface area contributed by atoms with Gasteiger partial charge < -0.3 is 11.1 Å². The molecule has 0 saturated heterocycles. The third-order valence-corrected chi connectivity index (χ3v) is 3.96. The van der Waals surface area contributed by atoms with Crippen LogP contribution in [0.2, 0.25) is 0 Å². The van der Waals surface area contributed by atoms with Crippen LogP contribution in [0.1, 0.15) is 29.1 Å². The first-order chi connectivity index (χ1) is 8.81. The summed E-state index contributed by atoms with van der Waals surface area (Å²) in [6, 6.07) is 8.67. The number of benzene rings is 1. The van der Waals surface area contributed by atoms with Gasteiger partial charge in [-0.3, -0.25) is 0 Å². The zero-order chi connectivity index (χ0) is 12.8. The van der Waals surface area contributed by atoms with Crippen molar-refractivity contribution in [1.82, 2.24) is 10.3 Å². The van der Waals surface area contributed by atoms with Crippen LogP contribution < -0.4 is 11.1 Å². The number of thiazole rings is 1. The summed E-state index contributed by atoms with van der Waals surface area (Å²) in [6.45, 7) is 3.70. The standard InChI is InChI=1S/C14H19N3S/c1-11(14-17-8-9-18-14)16-7-6-12-4-2-3-5-13(12)10-15/h2-5,8-9,11,16H,6-7,10,15H2,1H3. The van der Waals surface area contributed by atoms with Crippen molar-refractivity contribution in [3.05, 3.63) is 52.0 Å². The number of nitrogens with one attached hydrogen (secondary N) is 1. The number of rotatable bonds is 6. The maximum absolute atomic E-state index is 5.73. The molecule has 1 heterocycles. The summed E-state index contributed by atoms with van der Waals surface area (Å²) in [4.78, 5) is 4.31. The SMILES string of the molecule is CC(NCCc1ccccc1CN)c1nccs1. The van der Waals surface area contributed by atoms with Gasteiger partial charge in [0.15, 0.2) is 0 Å². The second-order valence-electron chi connectivity index (χ2n) is 4.27. The number of aromatic nitrogens is 1. The minimum absolute atomic E-state index is 0.315. The van der Waals surface area contributed by atoms with Crippen LogP contribution in [0.4, 0.5) is 0 Å². The van der Waals surface area contributed by atoms with Crippen LogP contribution in [0.3, 0.4) is 0 Å². The van der Waals surface area contributed by atoms with E-state index in [1.165, 1.54) is 11.1 Å². The van der Waals surface area contributed by atoms with Crippen LogP contribution in [0.15, 0.2) is 35.8 Å². The molecule has 3 nitrogen and oxygen atoms in total. The van der Waals surface area contributed by atoms with E-state index in [0.717, 1.165) is 18.0 Å². The highest BCUT2D eigenvalue weighted by Crippen LogP contribution is 2.15. The molecule has 0 bridgehead atoms. The van der Waals surface area contributed by atoms with Gasteiger partial charge in [0.05, 0.1) is 6.04 Å². The number of hydrogen-bond acceptors (Lipinski definition) is 4. The molecule has 1 aromatic heterocycles. The molecular formula is C14H19N3S. The van der Waals surface area contributed by atoms with Gasteiger partial charge in [0.1, 0.15) is 5.01 Å². The van der Waals surface area contributed by atoms with Crippen LogP contribution in [-0.2, 0) is 13.0 Å². The van der Waals surface area contributed by atoms with Gasteiger partial charge in [-0.15, -0.1) is 11.3 Å². The van der Waals surface area contributed by atoms with Gasteiger partial charge >= 0.3 is 0 Å². The molecule has 0 fully saturated rings. The van der Waals surface area contributed by atoms with E-state index in [-0.39, 0.29) is 0 Å². The average Bonchev–Trinajstić information content (AvgIpc) is 2.93. The van der Waals surface area contributed by atoms with E-state index in [2.05, 4.69) is 35.4 Å². The predicted molar refractivity (Wildman–Crippen MR) is 76.6 cm³/mol. The quantitative estimate of drug-likeness (QED) is 0.840. The third-order valence-electron chi connectivity index (χ3n) is 3.01. The Morgan fingerprint density at radius 2 is 2.11 bits per heavy atom. The van der Waals surface area contributed by atoms with E-state index in [1.807, 2.05) is 17.6 Å². The van der Waals surface area contributed by atoms with E-state index in [4.69, 9.17) is 5.73 Å². The Morgan fingerprint density at radius 3 is 2.78 bits per heavy atom. The molecule has 0 spiro atoms. The van der Waals surface area contributed by atoms with Crippen LogP contribution in [0.25, 0.3) is 0 Å². The molecule has 1 atom stereocenters. The lowest BCUT2D eigenvalue weighted by Crippen LogP contribution is -2.21. The first-order valence-electron chi connectivity index (χ1n) is 6.21. The van der Waals surface area contributed by atoms with Crippen molar-refractivity contribution in [2.24, 2.45) is 5.73 Å². The zero-order valence-electron chi connectivity index (χ0n) is 10.6. The molecular weight excluding hydrogens is 242 g/mol. The number of nitrogens with two attached hydrogens (primary N) is 1. The highest BCUT2D eigenvalue weighted by molar-refractivity contribution is 7.09. The molecule has 2 aromatic rings. The van der Waals surface area contributed by atoms with Crippen molar-refractivity contribution in [3.63, 3.8) is 0 Å². The van der Waals surface area contributed by atoms with E-state index in [0.29, 0.717) is 12.6 Å². The molecule has 2 rings (SSSR count). The molecule has 0 aliphatic rings. The molecule has 1 aromatic carbocycles. The van der Waals surface area contributed by atoms with E-state index in [9.17, 15) is 0 Å². The summed E-state index contributed by atoms with van der Waals surface area (Å²) < 4.78 is 0. The van der Waals surface area contributed by atoms with Gasteiger partial charge in [0.2, 0.25) is 0 Å². The van der Waals surface area contributed by atoms with Crippen molar-refractivity contribution in [1.29, 1.82) is 0 Å². The van der Waals surface area contributed by atoms with Gasteiger partial charge in [0, 0.05) is 18.1 Å². The van der Waals surface area contributed by atoms with Crippen LogP contribution in [0.5, 0.6) is 0 Å². The summed E-state index contributed by atoms with van der Waals surface area (Å²) >= 11 is 1.69. The molecule has 0 radical (unpaired) electrons. The van der Waals surface area contributed by atoms with Gasteiger partial charge in [-0.1, -0.05) is 24.3 Å². The normalized spacial score (nSPS) is 12.6. The van der Waals surface area contributed by atoms with Crippen LogP contribution >= 0.6 is 11.3 Å². The molecule has 3 N–H and O–H groups in total. The summed E-state index contributed by atoms with van der Waals surface area (Å²) in [5.41, 5.74) is 8.30. The first-order valence-corrected chi connectivity index (χ1v) is 7.09. The predicted octanol–water partition coefficient (Wildman–Crippen LogP) is 2.50. The van der Waals surface area contributed by atoms with Gasteiger partial charge in [-0.25, -0.2) is 4.98 Å². The Hall–Kier alpha value is -1.23.